The van der Waals surface area contributed by atoms with Gasteiger partial charge in [-0.2, -0.15) is 0 Å². The van der Waals surface area contributed by atoms with Gasteiger partial charge in [-0.25, -0.2) is 0 Å². The van der Waals surface area contributed by atoms with Crippen LogP contribution in [-0.2, 0) is 9.53 Å². The molecule has 0 aromatic carbocycles. The summed E-state index contributed by atoms with van der Waals surface area (Å²) in [7, 11) is 0. The number of carbonyl (C=O) groups is 1. The van der Waals surface area contributed by atoms with Crippen LogP contribution in [-0.4, -0.2) is 36.4 Å². The van der Waals surface area contributed by atoms with Crippen molar-refractivity contribution in [3.8, 4) is 0 Å². The standard InChI is InChI=1S/C4H6F4N2O2/c5-9(6)1-4(10(7)8)2-12-3-11/h3-4H,1-2H2. The second kappa shape index (κ2) is 5.72. The van der Waals surface area contributed by atoms with Gasteiger partial charge >= 0.3 is 0 Å². The van der Waals surface area contributed by atoms with Gasteiger partial charge in [-0.3, -0.25) is 4.79 Å². The fourth-order valence-corrected chi connectivity index (χ4v) is 0.480. The van der Waals surface area contributed by atoms with E-state index in [0.29, 0.717) is 0 Å². The highest BCUT2D eigenvalue weighted by atomic mass is 19.4. The molecule has 0 heterocycles. The number of halogens is 4. The lowest BCUT2D eigenvalue weighted by Crippen LogP contribution is -2.34. The average Bonchev–Trinajstić information content (AvgIpc) is 1.96. The van der Waals surface area contributed by atoms with Crippen molar-refractivity contribution in [1.82, 2.24) is 10.7 Å². The van der Waals surface area contributed by atoms with Gasteiger partial charge in [0.2, 0.25) is 0 Å². The number of rotatable bonds is 6. The van der Waals surface area contributed by atoms with E-state index in [1.807, 2.05) is 0 Å². The van der Waals surface area contributed by atoms with Gasteiger partial charge in [0.05, 0.1) is 6.54 Å². The van der Waals surface area contributed by atoms with Gasteiger partial charge in [0, 0.05) is 10.7 Å². The Morgan fingerprint density at radius 1 is 1.33 bits per heavy atom. The zero-order valence-electron chi connectivity index (χ0n) is 5.79. The second-order valence-corrected chi connectivity index (χ2v) is 1.83. The van der Waals surface area contributed by atoms with Crippen LogP contribution < -0.4 is 0 Å². The molecule has 0 N–H and O–H groups in total. The van der Waals surface area contributed by atoms with Crippen LogP contribution in [0.5, 0.6) is 0 Å². The van der Waals surface area contributed by atoms with Crippen LogP contribution in [0.4, 0.5) is 17.9 Å². The van der Waals surface area contributed by atoms with Crippen LogP contribution in [0, 0.1) is 0 Å². The monoisotopic (exact) mass is 190 g/mol. The molecule has 0 radical (unpaired) electrons. The quantitative estimate of drug-likeness (QED) is 0.350. The van der Waals surface area contributed by atoms with Crippen molar-refractivity contribution in [1.29, 1.82) is 0 Å². The number of carbonyl (C=O) groups excluding carboxylic acids is 1. The fourth-order valence-electron chi connectivity index (χ4n) is 0.480. The molecule has 8 heteroatoms. The summed E-state index contributed by atoms with van der Waals surface area (Å²) in [4.78, 5) is 9.53. The van der Waals surface area contributed by atoms with Crippen molar-refractivity contribution in [2.75, 3.05) is 13.2 Å². The minimum absolute atomic E-state index is 0.0860. The Balaban J connectivity index is 3.77. The van der Waals surface area contributed by atoms with Gasteiger partial charge in [0.25, 0.3) is 6.47 Å². The highest BCUT2D eigenvalue weighted by molar-refractivity contribution is 5.36. The lowest BCUT2D eigenvalue weighted by Gasteiger charge is -2.14. The molecule has 4 nitrogen and oxygen atoms in total. The maximum Gasteiger partial charge on any atom is 0.293 e. The van der Waals surface area contributed by atoms with Crippen LogP contribution in [0.15, 0.2) is 0 Å². The molecule has 0 rings (SSSR count). The van der Waals surface area contributed by atoms with Gasteiger partial charge in [-0.1, -0.05) is 0 Å². The Morgan fingerprint density at radius 2 is 1.92 bits per heavy atom. The van der Waals surface area contributed by atoms with Crippen LogP contribution in [0.2, 0.25) is 0 Å². The summed E-state index contributed by atoms with van der Waals surface area (Å²) in [5, 5.41) is -2.85. The summed E-state index contributed by atoms with van der Waals surface area (Å²) < 4.78 is 50.0. The third-order valence-electron chi connectivity index (χ3n) is 0.981. The van der Waals surface area contributed by atoms with Crippen LogP contribution in [0.1, 0.15) is 0 Å². The van der Waals surface area contributed by atoms with Crippen molar-refractivity contribution in [2.45, 2.75) is 6.04 Å². The van der Waals surface area contributed by atoms with Crippen LogP contribution >= 0.6 is 0 Å². The van der Waals surface area contributed by atoms with Gasteiger partial charge in [-0.05, 0) is 0 Å². The number of ether oxygens (including phenoxy) is 1. The van der Waals surface area contributed by atoms with E-state index >= 15 is 0 Å². The Labute approximate surface area is 65.0 Å². The molecular weight excluding hydrogens is 184 g/mol. The smallest absolute Gasteiger partial charge is 0.293 e. The Morgan fingerprint density at radius 3 is 2.25 bits per heavy atom. The molecule has 0 aliphatic heterocycles. The zero-order chi connectivity index (χ0) is 9.56. The first-order chi connectivity index (χ1) is 5.57. The molecule has 0 spiro atoms. The third kappa shape index (κ3) is 4.85. The molecule has 0 aromatic rings. The highest BCUT2D eigenvalue weighted by Crippen LogP contribution is 2.05. The highest BCUT2D eigenvalue weighted by Gasteiger charge is 2.22. The van der Waals surface area contributed by atoms with Gasteiger partial charge < -0.3 is 4.74 Å². The summed E-state index contributed by atoms with van der Waals surface area (Å²) in [5.41, 5.74) is 0. The van der Waals surface area contributed by atoms with Gasteiger partial charge in [0.15, 0.2) is 0 Å². The van der Waals surface area contributed by atoms with Crippen molar-refractivity contribution >= 4 is 6.47 Å². The van der Waals surface area contributed by atoms with Crippen LogP contribution in [0.25, 0.3) is 0 Å². The summed E-state index contributed by atoms with van der Waals surface area (Å²) in [6.07, 6.45) is 0. The predicted octanol–water partition coefficient (Wildman–Crippen LogP) is 0.670. The lowest BCUT2D eigenvalue weighted by molar-refractivity contribution is -0.237. The average molecular weight is 190 g/mol. The molecule has 1 unspecified atom stereocenters. The normalized spacial score (nSPS) is 13.5. The molecule has 0 saturated heterocycles. The molecule has 12 heavy (non-hydrogen) atoms. The zero-order valence-corrected chi connectivity index (χ0v) is 5.79. The molecule has 0 aliphatic carbocycles. The second-order valence-electron chi connectivity index (χ2n) is 1.83. The maximum atomic E-state index is 11.7. The van der Waals surface area contributed by atoms with E-state index in [4.69, 9.17) is 0 Å². The molecule has 0 amide bonds. The summed E-state index contributed by atoms with van der Waals surface area (Å²) >= 11 is 0. The first-order valence-electron chi connectivity index (χ1n) is 2.83. The van der Waals surface area contributed by atoms with E-state index in [1.165, 1.54) is 0 Å². The molecule has 0 fully saturated rings. The number of nitrogens with zero attached hydrogens (tertiary/aromatic N) is 2. The molecule has 0 saturated carbocycles. The summed E-state index contributed by atoms with van der Waals surface area (Å²) in [5.74, 6) is 0. The van der Waals surface area contributed by atoms with Gasteiger partial charge in [0.1, 0.15) is 12.6 Å². The van der Waals surface area contributed by atoms with E-state index in [-0.39, 0.29) is 6.47 Å². The first-order valence-corrected chi connectivity index (χ1v) is 2.83. The topological polar surface area (TPSA) is 32.8 Å². The van der Waals surface area contributed by atoms with Crippen molar-refractivity contribution in [3.05, 3.63) is 0 Å². The number of hydrogen-bond donors (Lipinski definition) is 0. The predicted molar refractivity (Wildman–Crippen MR) is 28.8 cm³/mol. The molecule has 0 bridgehead atoms. The van der Waals surface area contributed by atoms with Crippen molar-refractivity contribution in [3.63, 3.8) is 0 Å². The van der Waals surface area contributed by atoms with E-state index in [9.17, 15) is 22.7 Å². The number of hydrogen-bond acceptors (Lipinski definition) is 4. The molecule has 0 aromatic heterocycles. The lowest BCUT2D eigenvalue weighted by atomic mass is 10.3. The first kappa shape index (κ1) is 11.1. The van der Waals surface area contributed by atoms with Crippen LogP contribution in [0.3, 0.4) is 0 Å². The Bertz CT molecular complexity index is 134. The maximum absolute atomic E-state index is 11.7. The molecule has 1 atom stereocenters. The van der Waals surface area contributed by atoms with Crippen molar-refractivity contribution < 1.29 is 27.5 Å². The molecular formula is C4H6F4N2O2. The third-order valence-corrected chi connectivity index (χ3v) is 0.981. The fraction of sp³-hybridized carbons (Fsp3) is 0.750. The Kier molecular flexibility index (Phi) is 5.30. The minimum atomic E-state index is -1.81. The van der Waals surface area contributed by atoms with E-state index in [0.717, 1.165) is 0 Å². The SMILES string of the molecule is O=COCC(CN(F)F)N(F)F. The minimum Gasteiger partial charge on any atom is -0.466 e. The largest absolute Gasteiger partial charge is 0.466 e. The van der Waals surface area contributed by atoms with E-state index in [2.05, 4.69) is 4.74 Å². The van der Waals surface area contributed by atoms with Gasteiger partial charge in [-0.15, -0.1) is 17.9 Å². The molecule has 0 aliphatic rings. The van der Waals surface area contributed by atoms with E-state index < -0.39 is 29.9 Å². The summed E-state index contributed by atoms with van der Waals surface area (Å²) in [6.45, 7) is -2.06. The molecule has 72 valence electrons. The van der Waals surface area contributed by atoms with Crippen molar-refractivity contribution in [2.24, 2.45) is 0 Å². The Hall–Kier alpha value is -0.890. The van der Waals surface area contributed by atoms with E-state index in [1.54, 1.807) is 0 Å². The summed E-state index contributed by atoms with van der Waals surface area (Å²) in [6, 6.07) is -1.81.